The fourth-order valence-corrected chi connectivity index (χ4v) is 4.05. The van der Waals surface area contributed by atoms with Gasteiger partial charge in [0.1, 0.15) is 34.2 Å². The van der Waals surface area contributed by atoms with Crippen LogP contribution in [0, 0.1) is 5.82 Å². The molecule has 0 saturated carbocycles. The highest BCUT2D eigenvalue weighted by molar-refractivity contribution is 6.10. The molecule has 1 heterocycles. The van der Waals surface area contributed by atoms with Crippen LogP contribution in [0.4, 0.5) is 4.39 Å². The molecule has 6 heteroatoms. The van der Waals surface area contributed by atoms with Gasteiger partial charge in [-0.2, -0.15) is 0 Å². The van der Waals surface area contributed by atoms with E-state index in [2.05, 4.69) is 0 Å². The Hall–Kier alpha value is -4.97. The lowest BCUT2D eigenvalue weighted by Crippen LogP contribution is -2.09. The number of hydrogen-bond acceptors (Lipinski definition) is 5. The molecule has 0 atom stereocenters. The first kappa shape index (κ1) is 24.7. The average Bonchev–Trinajstić information content (AvgIpc) is 3.32. The molecule has 5 aromatic rings. The number of fused-ring (bicyclic) bond motifs is 1. The molecule has 0 fully saturated rings. The Labute approximate surface area is 218 Å². The summed E-state index contributed by atoms with van der Waals surface area (Å²) in [5.41, 5.74) is 2.23. The van der Waals surface area contributed by atoms with Gasteiger partial charge in [0.25, 0.3) is 0 Å². The summed E-state index contributed by atoms with van der Waals surface area (Å²) in [4.78, 5) is 26.0. The molecule has 0 saturated heterocycles. The second-order valence-corrected chi connectivity index (χ2v) is 8.40. The molecule has 0 amide bonds. The first-order chi connectivity index (χ1) is 18.5. The Balaban J connectivity index is 1.41. The molecule has 0 aliphatic carbocycles. The molecule has 0 aliphatic heterocycles. The van der Waals surface area contributed by atoms with Crippen LogP contribution in [0.1, 0.15) is 33.2 Å². The molecule has 5 nitrogen and oxygen atoms in total. The summed E-state index contributed by atoms with van der Waals surface area (Å²) in [7, 11) is 0. The highest BCUT2D eigenvalue weighted by atomic mass is 19.1. The van der Waals surface area contributed by atoms with Crippen molar-refractivity contribution in [2.24, 2.45) is 0 Å². The normalized spacial score (nSPS) is 11.1. The number of ketones is 1. The fourth-order valence-electron chi connectivity index (χ4n) is 4.05. The third kappa shape index (κ3) is 5.25. The lowest BCUT2D eigenvalue weighted by Gasteiger charge is -2.07. The number of esters is 1. The number of halogens is 1. The van der Waals surface area contributed by atoms with E-state index in [0.717, 1.165) is 5.56 Å². The van der Waals surface area contributed by atoms with Crippen molar-refractivity contribution in [2.75, 3.05) is 6.61 Å². The fraction of sp³-hybridized carbons (Fsp3) is 0.0625. The van der Waals surface area contributed by atoms with Crippen LogP contribution >= 0.6 is 0 Å². The van der Waals surface area contributed by atoms with E-state index in [4.69, 9.17) is 13.9 Å². The summed E-state index contributed by atoms with van der Waals surface area (Å²) >= 11 is 0. The van der Waals surface area contributed by atoms with E-state index < -0.39 is 11.8 Å². The van der Waals surface area contributed by atoms with E-state index in [1.165, 1.54) is 30.4 Å². The van der Waals surface area contributed by atoms with Gasteiger partial charge in [-0.3, -0.25) is 4.79 Å². The molecular weight excluding hydrogens is 483 g/mol. The first-order valence-electron chi connectivity index (χ1n) is 12.1. The molecular formula is C32H23FO5. The van der Waals surface area contributed by atoms with E-state index >= 15 is 0 Å². The Morgan fingerprint density at radius 3 is 2.32 bits per heavy atom. The Kier molecular flexibility index (Phi) is 7.13. The summed E-state index contributed by atoms with van der Waals surface area (Å²) in [6.07, 6.45) is 2.73. The lowest BCUT2D eigenvalue weighted by atomic mass is 10.1. The zero-order valence-corrected chi connectivity index (χ0v) is 20.5. The van der Waals surface area contributed by atoms with E-state index in [9.17, 15) is 14.0 Å². The SMILES string of the molecule is CCOc1ccc2oc(-c3ccccc3)c(C(=O)Oc3ccc(C(=O)/C=C/c4ccccc4F)cc3)c2c1. The van der Waals surface area contributed by atoms with Crippen LogP contribution < -0.4 is 9.47 Å². The van der Waals surface area contributed by atoms with Crippen LogP contribution in [-0.2, 0) is 0 Å². The molecule has 0 bridgehead atoms. The summed E-state index contributed by atoms with van der Waals surface area (Å²) in [6, 6.07) is 27.0. The van der Waals surface area contributed by atoms with Gasteiger partial charge in [-0.15, -0.1) is 0 Å². The molecule has 0 N–H and O–H groups in total. The minimum atomic E-state index is -0.602. The number of carbonyl (C=O) groups is 2. The number of rotatable bonds is 8. The largest absolute Gasteiger partial charge is 0.494 e. The van der Waals surface area contributed by atoms with Crippen LogP contribution in [0.15, 0.2) is 108 Å². The maximum Gasteiger partial charge on any atom is 0.348 e. The molecule has 0 aliphatic rings. The molecule has 0 spiro atoms. The van der Waals surface area contributed by atoms with Crippen molar-refractivity contribution in [3.05, 3.63) is 126 Å². The number of ether oxygens (including phenoxy) is 2. The zero-order chi connectivity index (χ0) is 26.5. The second kappa shape index (κ2) is 11.0. The van der Waals surface area contributed by atoms with E-state index in [-0.39, 0.29) is 17.1 Å². The zero-order valence-electron chi connectivity index (χ0n) is 20.5. The minimum Gasteiger partial charge on any atom is -0.494 e. The van der Waals surface area contributed by atoms with Gasteiger partial charge in [-0.05, 0) is 67.6 Å². The third-order valence-corrected chi connectivity index (χ3v) is 5.88. The van der Waals surface area contributed by atoms with Crippen molar-refractivity contribution in [2.45, 2.75) is 6.92 Å². The van der Waals surface area contributed by atoms with Crippen molar-refractivity contribution >= 4 is 28.8 Å². The molecule has 188 valence electrons. The maximum atomic E-state index is 13.8. The van der Waals surface area contributed by atoms with Crippen molar-refractivity contribution in [1.82, 2.24) is 0 Å². The summed E-state index contributed by atoms with van der Waals surface area (Å²) in [6.45, 7) is 2.36. The van der Waals surface area contributed by atoms with Crippen LogP contribution in [0.5, 0.6) is 11.5 Å². The summed E-state index contributed by atoms with van der Waals surface area (Å²) < 4.78 is 31.2. The predicted molar refractivity (Wildman–Crippen MR) is 144 cm³/mol. The van der Waals surface area contributed by atoms with E-state index in [0.29, 0.717) is 40.2 Å². The van der Waals surface area contributed by atoms with Gasteiger partial charge in [0.2, 0.25) is 0 Å². The quantitative estimate of drug-likeness (QED) is 0.0932. The highest BCUT2D eigenvalue weighted by Crippen LogP contribution is 2.36. The lowest BCUT2D eigenvalue weighted by molar-refractivity contribution is 0.0737. The van der Waals surface area contributed by atoms with Gasteiger partial charge >= 0.3 is 5.97 Å². The van der Waals surface area contributed by atoms with Gasteiger partial charge < -0.3 is 13.9 Å². The molecule has 0 unspecified atom stereocenters. The number of benzene rings is 4. The number of furan rings is 1. The van der Waals surface area contributed by atoms with Crippen molar-refractivity contribution < 1.29 is 27.9 Å². The third-order valence-electron chi connectivity index (χ3n) is 5.88. The maximum absolute atomic E-state index is 13.8. The monoisotopic (exact) mass is 506 g/mol. The molecule has 38 heavy (non-hydrogen) atoms. The van der Waals surface area contributed by atoms with Crippen molar-refractivity contribution in [3.8, 4) is 22.8 Å². The van der Waals surface area contributed by atoms with Crippen LogP contribution in [0.3, 0.4) is 0 Å². The topological polar surface area (TPSA) is 65.7 Å². The van der Waals surface area contributed by atoms with Gasteiger partial charge in [0.15, 0.2) is 5.78 Å². The molecule has 4 aromatic carbocycles. The second-order valence-electron chi connectivity index (χ2n) is 8.40. The minimum absolute atomic E-state index is 0.263. The standard InChI is InChI=1S/C32H23FO5/c1-2-36-25-17-19-29-26(20-25)30(31(38-29)23-9-4-3-5-10-23)32(35)37-24-15-12-22(13-16-24)28(34)18-14-21-8-6-7-11-27(21)33/h3-20H,2H2,1H3/b18-14+. The summed E-state index contributed by atoms with van der Waals surface area (Å²) in [5, 5.41) is 0.574. The summed E-state index contributed by atoms with van der Waals surface area (Å²) in [5.74, 6) is -0.0468. The van der Waals surface area contributed by atoms with Gasteiger partial charge in [0, 0.05) is 22.1 Å². The Bertz CT molecular complexity index is 1630. The Morgan fingerprint density at radius 1 is 0.868 bits per heavy atom. The van der Waals surface area contributed by atoms with Gasteiger partial charge in [-0.25, -0.2) is 9.18 Å². The van der Waals surface area contributed by atoms with Crippen LogP contribution in [0.25, 0.3) is 28.4 Å². The van der Waals surface area contributed by atoms with Crippen LogP contribution in [0.2, 0.25) is 0 Å². The van der Waals surface area contributed by atoms with Crippen LogP contribution in [-0.4, -0.2) is 18.4 Å². The van der Waals surface area contributed by atoms with Crippen molar-refractivity contribution in [1.29, 1.82) is 0 Å². The highest BCUT2D eigenvalue weighted by Gasteiger charge is 2.24. The predicted octanol–water partition coefficient (Wildman–Crippen LogP) is 7.75. The molecule has 5 rings (SSSR count). The average molecular weight is 507 g/mol. The number of carbonyl (C=O) groups excluding carboxylic acids is 2. The van der Waals surface area contributed by atoms with E-state index in [1.54, 1.807) is 48.5 Å². The molecule has 1 aromatic heterocycles. The van der Waals surface area contributed by atoms with Crippen molar-refractivity contribution in [3.63, 3.8) is 0 Å². The smallest absolute Gasteiger partial charge is 0.348 e. The number of allylic oxidation sites excluding steroid dienone is 1. The van der Waals surface area contributed by atoms with Gasteiger partial charge in [-0.1, -0.05) is 48.5 Å². The van der Waals surface area contributed by atoms with Gasteiger partial charge in [0.05, 0.1) is 6.61 Å². The van der Waals surface area contributed by atoms with E-state index in [1.807, 2.05) is 37.3 Å². The number of hydrogen-bond donors (Lipinski definition) is 0. The Morgan fingerprint density at radius 2 is 1.58 bits per heavy atom. The first-order valence-corrected chi connectivity index (χ1v) is 12.1. The molecule has 0 radical (unpaired) electrons.